The minimum absolute atomic E-state index is 0.143. The molecule has 0 saturated carbocycles. The number of aromatic nitrogens is 3. The van der Waals surface area contributed by atoms with E-state index in [2.05, 4.69) is 27.9 Å². The zero-order chi connectivity index (χ0) is 21.2. The number of unbranched alkanes of at least 4 members (excludes halogenated alkanes) is 2. The molecule has 0 bridgehead atoms. The highest BCUT2D eigenvalue weighted by Gasteiger charge is 2.05. The second-order valence-electron chi connectivity index (χ2n) is 7.04. The third-order valence-corrected chi connectivity index (χ3v) is 4.39. The van der Waals surface area contributed by atoms with E-state index < -0.39 is 0 Å². The van der Waals surface area contributed by atoms with Crippen molar-refractivity contribution in [2.24, 2.45) is 0 Å². The van der Waals surface area contributed by atoms with Gasteiger partial charge in [0.1, 0.15) is 5.69 Å². The topological polar surface area (TPSA) is 99.5 Å². The maximum Gasteiger partial charge on any atom is 0.220 e. The summed E-state index contributed by atoms with van der Waals surface area (Å²) < 4.78 is 18.2. The van der Waals surface area contributed by atoms with Crippen molar-refractivity contribution in [2.75, 3.05) is 46.6 Å². The number of rotatable bonds is 19. The van der Waals surface area contributed by atoms with Crippen LogP contribution in [0.5, 0.6) is 0 Å². The number of nitrogens with one attached hydrogen (secondary N) is 2. The smallest absolute Gasteiger partial charge is 0.220 e. The van der Waals surface area contributed by atoms with Gasteiger partial charge in [0.05, 0.1) is 45.8 Å². The van der Waals surface area contributed by atoms with Gasteiger partial charge in [-0.2, -0.15) is 0 Å². The highest BCUT2D eigenvalue weighted by atomic mass is 16.5. The molecule has 9 nitrogen and oxygen atoms in total. The molecule has 0 fully saturated rings. The van der Waals surface area contributed by atoms with Gasteiger partial charge in [0.2, 0.25) is 5.91 Å². The molecule has 0 aliphatic rings. The van der Waals surface area contributed by atoms with Gasteiger partial charge in [-0.1, -0.05) is 18.6 Å². The largest absolute Gasteiger partial charge is 0.378 e. The van der Waals surface area contributed by atoms with Gasteiger partial charge in [-0.25, -0.2) is 0 Å². The van der Waals surface area contributed by atoms with Gasteiger partial charge in [0.25, 0.3) is 0 Å². The van der Waals surface area contributed by atoms with Gasteiger partial charge < -0.3 is 24.8 Å². The first-order valence-electron chi connectivity index (χ1n) is 10.7. The number of hydrogen-bond acceptors (Lipinski definition) is 7. The quantitative estimate of drug-likeness (QED) is 0.332. The molecule has 9 heteroatoms. The van der Waals surface area contributed by atoms with E-state index in [-0.39, 0.29) is 11.9 Å². The first kappa shape index (κ1) is 25.5. The second kappa shape index (κ2) is 17.3. The van der Waals surface area contributed by atoms with Crippen LogP contribution in [-0.4, -0.2) is 73.6 Å². The maximum absolute atomic E-state index is 11.7. The average Bonchev–Trinajstić information content (AvgIpc) is 3.16. The molecular formula is C20H39N5O4. The van der Waals surface area contributed by atoms with Crippen LogP contribution in [-0.2, 0) is 32.2 Å². The molecule has 1 unspecified atom stereocenters. The Balaban J connectivity index is 1.97. The SMILES string of the molecule is CCC(C)NC(=O)CCCCCn1cc(COCCOCCOCCNC)nn1. The number of carbonyl (C=O) groups excluding carboxylic acids is 1. The Morgan fingerprint density at radius 2 is 1.83 bits per heavy atom. The Bertz CT molecular complexity index is 527. The predicted molar refractivity (Wildman–Crippen MR) is 112 cm³/mol. The molecule has 1 amide bonds. The molecule has 0 saturated heterocycles. The molecule has 1 rings (SSSR count). The molecule has 0 aromatic carbocycles. The summed E-state index contributed by atoms with van der Waals surface area (Å²) in [7, 11) is 1.90. The Kier molecular flexibility index (Phi) is 15.2. The van der Waals surface area contributed by atoms with Gasteiger partial charge in [0, 0.05) is 25.6 Å². The van der Waals surface area contributed by atoms with Crippen LogP contribution in [0.2, 0.25) is 0 Å². The van der Waals surface area contributed by atoms with Gasteiger partial charge in [-0.05, 0) is 33.2 Å². The van der Waals surface area contributed by atoms with Crippen LogP contribution in [0.1, 0.15) is 51.6 Å². The second-order valence-corrected chi connectivity index (χ2v) is 7.04. The Hall–Kier alpha value is -1.55. The summed E-state index contributed by atoms with van der Waals surface area (Å²) in [6.07, 6.45) is 6.33. The lowest BCUT2D eigenvalue weighted by atomic mass is 10.1. The van der Waals surface area contributed by atoms with Gasteiger partial charge >= 0.3 is 0 Å². The number of ether oxygens (including phenoxy) is 3. The molecule has 1 aromatic rings. The number of amides is 1. The van der Waals surface area contributed by atoms with Crippen LogP contribution in [0.4, 0.5) is 0 Å². The van der Waals surface area contributed by atoms with E-state index >= 15 is 0 Å². The van der Waals surface area contributed by atoms with Crippen molar-refractivity contribution in [1.82, 2.24) is 25.6 Å². The van der Waals surface area contributed by atoms with Crippen LogP contribution < -0.4 is 10.6 Å². The van der Waals surface area contributed by atoms with Crippen LogP contribution in [0.15, 0.2) is 6.20 Å². The molecule has 0 radical (unpaired) electrons. The summed E-state index contributed by atoms with van der Waals surface area (Å²) in [5.41, 5.74) is 0.813. The Morgan fingerprint density at radius 3 is 2.55 bits per heavy atom. The summed E-state index contributed by atoms with van der Waals surface area (Å²) in [6, 6.07) is 0.257. The fourth-order valence-electron chi connectivity index (χ4n) is 2.49. The van der Waals surface area contributed by atoms with Crippen molar-refractivity contribution in [3.05, 3.63) is 11.9 Å². The predicted octanol–water partition coefficient (Wildman–Crippen LogP) is 1.52. The van der Waals surface area contributed by atoms with E-state index in [4.69, 9.17) is 14.2 Å². The molecule has 0 aliphatic heterocycles. The fraction of sp³-hybridized carbons (Fsp3) is 0.850. The lowest BCUT2D eigenvalue weighted by molar-refractivity contribution is -0.121. The maximum atomic E-state index is 11.7. The lowest BCUT2D eigenvalue weighted by Gasteiger charge is -2.10. The van der Waals surface area contributed by atoms with Crippen LogP contribution in [0, 0.1) is 0 Å². The van der Waals surface area contributed by atoms with Crippen LogP contribution in [0.25, 0.3) is 0 Å². The Morgan fingerprint density at radius 1 is 1.10 bits per heavy atom. The summed E-state index contributed by atoms with van der Waals surface area (Å²) in [5, 5.41) is 14.2. The lowest BCUT2D eigenvalue weighted by Crippen LogP contribution is -2.31. The van der Waals surface area contributed by atoms with Crippen LogP contribution in [0.3, 0.4) is 0 Å². The van der Waals surface area contributed by atoms with E-state index in [0.29, 0.717) is 46.1 Å². The van der Waals surface area contributed by atoms with Crippen molar-refractivity contribution in [1.29, 1.82) is 0 Å². The van der Waals surface area contributed by atoms with Gasteiger partial charge in [0.15, 0.2) is 0 Å². The number of aryl methyl sites for hydroxylation is 1. The highest BCUT2D eigenvalue weighted by Crippen LogP contribution is 2.04. The van der Waals surface area contributed by atoms with Crippen molar-refractivity contribution in [3.63, 3.8) is 0 Å². The van der Waals surface area contributed by atoms with E-state index in [1.165, 1.54) is 0 Å². The van der Waals surface area contributed by atoms with E-state index in [1.807, 2.05) is 24.9 Å². The van der Waals surface area contributed by atoms with E-state index in [9.17, 15) is 4.79 Å². The summed E-state index contributed by atoms with van der Waals surface area (Å²) >= 11 is 0. The number of carbonyl (C=O) groups is 1. The monoisotopic (exact) mass is 413 g/mol. The molecule has 29 heavy (non-hydrogen) atoms. The number of nitrogens with zero attached hydrogens (tertiary/aromatic N) is 3. The number of hydrogen-bond donors (Lipinski definition) is 2. The molecule has 168 valence electrons. The zero-order valence-electron chi connectivity index (χ0n) is 18.3. The van der Waals surface area contributed by atoms with E-state index in [0.717, 1.165) is 44.5 Å². The minimum Gasteiger partial charge on any atom is -0.378 e. The molecule has 1 heterocycles. The molecule has 0 spiro atoms. The van der Waals surface area contributed by atoms with Crippen molar-refractivity contribution >= 4 is 5.91 Å². The van der Waals surface area contributed by atoms with Gasteiger partial charge in [-0.3, -0.25) is 9.48 Å². The fourth-order valence-corrected chi connectivity index (χ4v) is 2.49. The summed E-state index contributed by atoms with van der Waals surface area (Å²) in [5.74, 6) is 0.143. The molecule has 0 aliphatic carbocycles. The standard InChI is InChI=1S/C20H39N5O4/c1-4-18(2)22-20(26)8-6-5-7-10-25-16-19(23-24-25)17-29-15-14-28-13-12-27-11-9-21-3/h16,18,21H,4-15,17H2,1-3H3,(H,22,26). The van der Waals surface area contributed by atoms with E-state index in [1.54, 1.807) is 0 Å². The first-order chi connectivity index (χ1) is 14.2. The molecule has 1 atom stereocenters. The normalized spacial score (nSPS) is 12.2. The summed E-state index contributed by atoms with van der Waals surface area (Å²) in [4.78, 5) is 11.7. The Labute approximate surface area is 174 Å². The zero-order valence-corrected chi connectivity index (χ0v) is 18.3. The number of likely N-dealkylation sites (N-methyl/N-ethyl adjacent to an activating group) is 1. The molecule has 1 aromatic heterocycles. The molecule has 2 N–H and O–H groups in total. The third kappa shape index (κ3) is 14.1. The van der Waals surface area contributed by atoms with Crippen molar-refractivity contribution in [3.8, 4) is 0 Å². The van der Waals surface area contributed by atoms with Crippen LogP contribution >= 0.6 is 0 Å². The first-order valence-corrected chi connectivity index (χ1v) is 10.7. The summed E-state index contributed by atoms with van der Waals surface area (Å²) in [6.45, 7) is 9.09. The van der Waals surface area contributed by atoms with Gasteiger partial charge in [-0.15, -0.1) is 5.10 Å². The minimum atomic E-state index is 0.143. The third-order valence-electron chi connectivity index (χ3n) is 4.39. The van der Waals surface area contributed by atoms with Crippen molar-refractivity contribution < 1.29 is 19.0 Å². The average molecular weight is 414 g/mol. The highest BCUT2D eigenvalue weighted by molar-refractivity contribution is 5.76. The molecular weight excluding hydrogens is 374 g/mol. The van der Waals surface area contributed by atoms with Crippen molar-refractivity contribution in [2.45, 2.75) is 65.1 Å².